The normalized spacial score (nSPS) is 11.0. The monoisotopic (exact) mass is 320 g/mol. The molecule has 0 aliphatic heterocycles. The van der Waals surface area contributed by atoms with Crippen LogP contribution in [-0.2, 0) is 0 Å². The summed E-state index contributed by atoms with van der Waals surface area (Å²) in [6.07, 6.45) is 1.42. The van der Waals surface area contributed by atoms with Crippen LogP contribution in [0.15, 0.2) is 24.5 Å². The van der Waals surface area contributed by atoms with E-state index in [4.69, 9.17) is 17.3 Å². The molecular weight excluding hydrogens is 312 g/mol. The molecule has 3 rings (SSSR count). The number of nitro groups is 1. The topological polar surface area (TPSA) is 94.9 Å². The van der Waals surface area contributed by atoms with Gasteiger partial charge >= 0.3 is 0 Å². The number of nitrogens with two attached hydrogens (primary N) is 1. The standard InChI is InChI=1S/C13H9ClN4O2S/c1-6-10(11-12(15)16-5-17-13(11)21-6)7-2-3-9(18(19)20)8(14)4-7/h2-5H,1H3,(H2,15,16,17). The maximum absolute atomic E-state index is 10.8. The summed E-state index contributed by atoms with van der Waals surface area (Å²) in [7, 11) is 0. The molecule has 0 atom stereocenters. The SMILES string of the molecule is Cc1sc2ncnc(N)c2c1-c1ccc([N+](=O)[O-])c(Cl)c1. The Kier molecular flexibility index (Phi) is 3.23. The maximum Gasteiger partial charge on any atom is 0.287 e. The van der Waals surface area contributed by atoms with Crippen LogP contribution < -0.4 is 5.73 Å². The zero-order valence-corrected chi connectivity index (χ0v) is 12.4. The molecule has 0 spiro atoms. The van der Waals surface area contributed by atoms with Crippen LogP contribution in [0, 0.1) is 17.0 Å². The quantitative estimate of drug-likeness (QED) is 0.572. The zero-order valence-electron chi connectivity index (χ0n) is 10.8. The number of nitrogens with zero attached hydrogens (tertiary/aromatic N) is 3. The molecule has 2 heterocycles. The van der Waals surface area contributed by atoms with Crippen molar-refractivity contribution in [2.45, 2.75) is 6.92 Å². The summed E-state index contributed by atoms with van der Waals surface area (Å²) in [5, 5.41) is 11.7. The minimum absolute atomic E-state index is 0.0895. The number of aryl methyl sites for hydroxylation is 1. The van der Waals surface area contributed by atoms with Crippen molar-refractivity contribution in [1.29, 1.82) is 0 Å². The molecule has 0 amide bonds. The number of fused-ring (bicyclic) bond motifs is 1. The van der Waals surface area contributed by atoms with Gasteiger partial charge in [-0.1, -0.05) is 11.6 Å². The predicted octanol–water partition coefficient (Wildman–Crippen LogP) is 3.81. The van der Waals surface area contributed by atoms with E-state index in [0.29, 0.717) is 5.82 Å². The summed E-state index contributed by atoms with van der Waals surface area (Å²) in [6, 6.07) is 4.62. The first-order valence-electron chi connectivity index (χ1n) is 5.93. The number of aromatic nitrogens is 2. The van der Waals surface area contributed by atoms with Gasteiger partial charge in [0.25, 0.3) is 5.69 Å². The summed E-state index contributed by atoms with van der Waals surface area (Å²) in [4.78, 5) is 20.3. The molecule has 0 saturated heterocycles. The number of nitrogen functional groups attached to an aromatic ring is 1. The van der Waals surface area contributed by atoms with Crippen LogP contribution in [0.2, 0.25) is 5.02 Å². The first kappa shape index (κ1) is 13.7. The van der Waals surface area contributed by atoms with Crippen LogP contribution in [0.4, 0.5) is 11.5 Å². The van der Waals surface area contributed by atoms with Gasteiger partial charge < -0.3 is 5.73 Å². The number of hydrogen-bond acceptors (Lipinski definition) is 6. The number of hydrogen-bond donors (Lipinski definition) is 1. The van der Waals surface area contributed by atoms with Crippen molar-refractivity contribution >= 4 is 44.7 Å². The van der Waals surface area contributed by atoms with Crippen LogP contribution >= 0.6 is 22.9 Å². The van der Waals surface area contributed by atoms with E-state index < -0.39 is 4.92 Å². The van der Waals surface area contributed by atoms with Gasteiger partial charge in [-0.2, -0.15) is 0 Å². The number of benzene rings is 1. The highest BCUT2D eigenvalue weighted by Crippen LogP contribution is 2.41. The van der Waals surface area contributed by atoms with Crippen LogP contribution in [-0.4, -0.2) is 14.9 Å². The second kappa shape index (κ2) is 4.94. The molecule has 0 fully saturated rings. The first-order chi connectivity index (χ1) is 9.99. The first-order valence-corrected chi connectivity index (χ1v) is 7.12. The number of thiophene rings is 1. The van der Waals surface area contributed by atoms with E-state index in [2.05, 4.69) is 9.97 Å². The van der Waals surface area contributed by atoms with Gasteiger partial charge in [0.1, 0.15) is 22.0 Å². The third kappa shape index (κ3) is 2.20. The highest BCUT2D eigenvalue weighted by atomic mass is 35.5. The van der Waals surface area contributed by atoms with E-state index in [-0.39, 0.29) is 10.7 Å². The Morgan fingerprint density at radius 1 is 1.38 bits per heavy atom. The van der Waals surface area contributed by atoms with Crippen molar-refractivity contribution < 1.29 is 4.92 Å². The van der Waals surface area contributed by atoms with Crippen molar-refractivity contribution in [2.75, 3.05) is 5.73 Å². The summed E-state index contributed by atoms with van der Waals surface area (Å²) in [5.74, 6) is 0.383. The Morgan fingerprint density at radius 3 is 2.81 bits per heavy atom. The van der Waals surface area contributed by atoms with Crippen LogP contribution in [0.1, 0.15) is 4.88 Å². The summed E-state index contributed by atoms with van der Waals surface area (Å²) < 4.78 is 0. The van der Waals surface area contributed by atoms with Gasteiger partial charge in [0.2, 0.25) is 0 Å². The molecule has 0 bridgehead atoms. The molecule has 3 aromatic rings. The molecule has 106 valence electrons. The fraction of sp³-hybridized carbons (Fsp3) is 0.0769. The lowest BCUT2D eigenvalue weighted by Gasteiger charge is -2.04. The van der Waals surface area contributed by atoms with Crippen molar-refractivity contribution in [3.63, 3.8) is 0 Å². The van der Waals surface area contributed by atoms with Crippen LogP contribution in [0.5, 0.6) is 0 Å². The molecule has 8 heteroatoms. The molecule has 21 heavy (non-hydrogen) atoms. The van der Waals surface area contributed by atoms with Crippen molar-refractivity contribution in [2.24, 2.45) is 0 Å². The fourth-order valence-corrected chi connectivity index (χ4v) is 3.49. The molecule has 0 aliphatic carbocycles. The summed E-state index contributed by atoms with van der Waals surface area (Å²) in [6.45, 7) is 1.94. The summed E-state index contributed by atoms with van der Waals surface area (Å²) >= 11 is 7.48. The Bertz CT molecular complexity index is 878. The van der Waals surface area contributed by atoms with E-state index in [0.717, 1.165) is 26.2 Å². The molecule has 2 N–H and O–H groups in total. The number of rotatable bonds is 2. The lowest BCUT2D eigenvalue weighted by Crippen LogP contribution is -1.93. The maximum atomic E-state index is 10.8. The summed E-state index contributed by atoms with van der Waals surface area (Å²) in [5.41, 5.74) is 7.44. The lowest BCUT2D eigenvalue weighted by molar-refractivity contribution is -0.384. The van der Waals surface area contributed by atoms with E-state index in [9.17, 15) is 10.1 Å². The van der Waals surface area contributed by atoms with E-state index >= 15 is 0 Å². The third-order valence-electron chi connectivity index (χ3n) is 3.13. The van der Waals surface area contributed by atoms with Crippen LogP contribution in [0.25, 0.3) is 21.3 Å². The Morgan fingerprint density at radius 2 is 2.14 bits per heavy atom. The molecule has 0 aliphatic rings. The number of halogens is 1. The Hall–Kier alpha value is -2.25. The molecule has 0 radical (unpaired) electrons. The van der Waals surface area contributed by atoms with Crippen molar-refractivity contribution in [1.82, 2.24) is 9.97 Å². The molecular formula is C13H9ClN4O2S. The third-order valence-corrected chi connectivity index (χ3v) is 4.44. The average molecular weight is 321 g/mol. The minimum atomic E-state index is -0.512. The second-order valence-electron chi connectivity index (χ2n) is 4.40. The van der Waals surface area contributed by atoms with E-state index in [1.54, 1.807) is 12.1 Å². The van der Waals surface area contributed by atoms with Crippen molar-refractivity contribution in [3.05, 3.63) is 44.5 Å². The molecule has 1 aromatic carbocycles. The van der Waals surface area contributed by atoms with Gasteiger partial charge in [0.15, 0.2) is 0 Å². The smallest absolute Gasteiger partial charge is 0.287 e. The zero-order chi connectivity index (χ0) is 15.1. The molecule has 2 aromatic heterocycles. The molecule has 0 saturated carbocycles. The lowest BCUT2D eigenvalue weighted by atomic mass is 10.0. The largest absolute Gasteiger partial charge is 0.383 e. The van der Waals surface area contributed by atoms with Gasteiger partial charge in [0.05, 0.1) is 10.3 Å². The number of anilines is 1. The van der Waals surface area contributed by atoms with Gasteiger partial charge in [-0.3, -0.25) is 10.1 Å². The second-order valence-corrected chi connectivity index (χ2v) is 6.01. The van der Waals surface area contributed by atoms with Gasteiger partial charge in [-0.15, -0.1) is 11.3 Å². The highest BCUT2D eigenvalue weighted by molar-refractivity contribution is 7.19. The van der Waals surface area contributed by atoms with Gasteiger partial charge in [-0.25, -0.2) is 9.97 Å². The number of nitro benzene ring substituents is 1. The fourth-order valence-electron chi connectivity index (χ4n) is 2.22. The van der Waals surface area contributed by atoms with Crippen molar-refractivity contribution in [3.8, 4) is 11.1 Å². The highest BCUT2D eigenvalue weighted by Gasteiger charge is 2.18. The Balaban J connectivity index is 2.28. The van der Waals surface area contributed by atoms with E-state index in [1.807, 2.05) is 6.92 Å². The predicted molar refractivity (Wildman–Crippen MR) is 83.7 cm³/mol. The molecule has 6 nitrogen and oxygen atoms in total. The van der Waals surface area contributed by atoms with E-state index in [1.165, 1.54) is 23.7 Å². The minimum Gasteiger partial charge on any atom is -0.383 e. The van der Waals surface area contributed by atoms with Gasteiger partial charge in [-0.05, 0) is 24.6 Å². The average Bonchev–Trinajstić information content (AvgIpc) is 2.75. The molecule has 0 unspecified atom stereocenters. The van der Waals surface area contributed by atoms with Crippen LogP contribution in [0.3, 0.4) is 0 Å². The Labute approximate surface area is 128 Å². The van der Waals surface area contributed by atoms with Gasteiger partial charge in [0, 0.05) is 16.5 Å².